The van der Waals surface area contributed by atoms with Gasteiger partial charge in [0.05, 0.1) is 6.10 Å². The molecule has 1 fully saturated rings. The Morgan fingerprint density at radius 3 is 2.78 bits per heavy atom. The molecule has 6 heteroatoms. The van der Waals surface area contributed by atoms with Crippen molar-refractivity contribution in [3.63, 3.8) is 0 Å². The van der Waals surface area contributed by atoms with Crippen molar-refractivity contribution in [2.45, 2.75) is 18.9 Å². The Morgan fingerprint density at radius 1 is 1.35 bits per heavy atom. The molecule has 1 aromatic heterocycles. The second-order valence-corrected chi connectivity index (χ2v) is 6.01. The van der Waals surface area contributed by atoms with E-state index in [1.807, 2.05) is 23.1 Å². The number of aromatic nitrogens is 3. The van der Waals surface area contributed by atoms with Crippen LogP contribution in [0.5, 0.6) is 0 Å². The van der Waals surface area contributed by atoms with Crippen LogP contribution in [0.1, 0.15) is 22.6 Å². The minimum Gasteiger partial charge on any atom is -0.381 e. The van der Waals surface area contributed by atoms with Crippen LogP contribution in [-0.2, 0) is 18.2 Å². The van der Waals surface area contributed by atoms with Crippen LogP contribution in [0.2, 0.25) is 0 Å². The van der Waals surface area contributed by atoms with Gasteiger partial charge in [-0.1, -0.05) is 30.3 Å². The SMILES string of the molecule is CO[C@@H]1CCN(C(=O)c2ncn(C)n2)C[C@H]1Cc1ccccc1. The Labute approximate surface area is 136 Å². The normalized spacial score (nSPS) is 21.4. The molecule has 1 saturated heterocycles. The van der Waals surface area contributed by atoms with Crippen LogP contribution in [-0.4, -0.2) is 51.9 Å². The quantitative estimate of drug-likeness (QED) is 0.859. The van der Waals surface area contributed by atoms with Crippen LogP contribution in [0.3, 0.4) is 0 Å². The molecule has 1 aromatic carbocycles. The van der Waals surface area contributed by atoms with Crippen molar-refractivity contribution in [2.75, 3.05) is 20.2 Å². The van der Waals surface area contributed by atoms with Crippen LogP contribution in [0.4, 0.5) is 0 Å². The van der Waals surface area contributed by atoms with Gasteiger partial charge in [0.15, 0.2) is 0 Å². The van der Waals surface area contributed by atoms with Gasteiger partial charge >= 0.3 is 0 Å². The highest BCUT2D eigenvalue weighted by molar-refractivity contribution is 5.90. The third kappa shape index (κ3) is 3.59. The lowest BCUT2D eigenvalue weighted by Crippen LogP contribution is -2.47. The molecular formula is C17H22N4O2. The molecule has 23 heavy (non-hydrogen) atoms. The van der Waals surface area contributed by atoms with Gasteiger partial charge in [0, 0.05) is 33.2 Å². The molecule has 0 N–H and O–H groups in total. The summed E-state index contributed by atoms with van der Waals surface area (Å²) >= 11 is 0. The molecule has 2 atom stereocenters. The van der Waals surface area contributed by atoms with E-state index in [-0.39, 0.29) is 23.8 Å². The fraction of sp³-hybridized carbons (Fsp3) is 0.471. The second-order valence-electron chi connectivity index (χ2n) is 6.01. The van der Waals surface area contributed by atoms with E-state index in [2.05, 4.69) is 22.2 Å². The average molecular weight is 314 g/mol. The summed E-state index contributed by atoms with van der Waals surface area (Å²) in [4.78, 5) is 18.5. The Morgan fingerprint density at radius 2 is 2.13 bits per heavy atom. The fourth-order valence-electron chi connectivity index (χ4n) is 3.20. The third-order valence-electron chi connectivity index (χ3n) is 4.39. The first-order chi connectivity index (χ1) is 11.2. The van der Waals surface area contributed by atoms with Crippen LogP contribution in [0.15, 0.2) is 36.7 Å². The van der Waals surface area contributed by atoms with Gasteiger partial charge in [-0.15, -0.1) is 5.10 Å². The Kier molecular flexibility index (Phi) is 4.71. The number of hydrogen-bond acceptors (Lipinski definition) is 4. The molecule has 0 spiro atoms. The fourth-order valence-corrected chi connectivity index (χ4v) is 3.20. The van der Waals surface area contributed by atoms with Crippen molar-refractivity contribution in [1.82, 2.24) is 19.7 Å². The maximum Gasteiger partial charge on any atom is 0.293 e. The van der Waals surface area contributed by atoms with Crippen LogP contribution in [0.25, 0.3) is 0 Å². The lowest BCUT2D eigenvalue weighted by atomic mass is 9.88. The number of rotatable bonds is 4. The van der Waals surface area contributed by atoms with Gasteiger partial charge in [0.25, 0.3) is 5.91 Å². The van der Waals surface area contributed by atoms with Gasteiger partial charge < -0.3 is 9.64 Å². The molecule has 1 aliphatic rings. The first kappa shape index (κ1) is 15.7. The summed E-state index contributed by atoms with van der Waals surface area (Å²) in [6.45, 7) is 1.35. The summed E-state index contributed by atoms with van der Waals surface area (Å²) < 4.78 is 7.19. The smallest absolute Gasteiger partial charge is 0.293 e. The van der Waals surface area contributed by atoms with Gasteiger partial charge in [0.2, 0.25) is 5.82 Å². The van der Waals surface area contributed by atoms with E-state index in [4.69, 9.17) is 4.74 Å². The molecule has 0 bridgehead atoms. The van der Waals surface area contributed by atoms with Crippen molar-refractivity contribution in [2.24, 2.45) is 13.0 Å². The number of amides is 1. The third-order valence-corrected chi connectivity index (χ3v) is 4.39. The molecule has 122 valence electrons. The molecule has 0 aliphatic carbocycles. The van der Waals surface area contributed by atoms with Gasteiger partial charge in [0.1, 0.15) is 6.33 Å². The van der Waals surface area contributed by atoms with Gasteiger partial charge in [-0.05, 0) is 18.4 Å². The standard InChI is InChI=1S/C17H22N4O2/c1-20-12-18-16(19-20)17(22)21-9-8-15(23-2)14(11-21)10-13-6-4-3-5-7-13/h3-7,12,14-15H,8-11H2,1-2H3/t14-,15-/m1/s1. The topological polar surface area (TPSA) is 60.2 Å². The molecule has 0 radical (unpaired) electrons. The largest absolute Gasteiger partial charge is 0.381 e. The highest BCUT2D eigenvalue weighted by atomic mass is 16.5. The number of likely N-dealkylation sites (tertiary alicyclic amines) is 1. The molecule has 6 nitrogen and oxygen atoms in total. The average Bonchev–Trinajstić information content (AvgIpc) is 3.01. The Bertz CT molecular complexity index is 656. The van der Waals surface area contributed by atoms with E-state index in [9.17, 15) is 4.79 Å². The number of carbonyl (C=O) groups is 1. The monoisotopic (exact) mass is 314 g/mol. The lowest BCUT2D eigenvalue weighted by molar-refractivity contribution is -0.00336. The van der Waals surface area contributed by atoms with Crippen LogP contribution < -0.4 is 0 Å². The maximum absolute atomic E-state index is 12.6. The molecule has 1 aliphatic heterocycles. The van der Waals surface area contributed by atoms with E-state index in [0.29, 0.717) is 13.1 Å². The number of carbonyl (C=O) groups excluding carboxylic acids is 1. The highest BCUT2D eigenvalue weighted by Crippen LogP contribution is 2.24. The number of nitrogens with zero attached hydrogens (tertiary/aromatic N) is 4. The summed E-state index contributed by atoms with van der Waals surface area (Å²) in [6.07, 6.45) is 3.47. The molecule has 0 unspecified atom stereocenters. The zero-order valence-corrected chi connectivity index (χ0v) is 13.6. The summed E-state index contributed by atoms with van der Waals surface area (Å²) in [5.74, 6) is 0.448. The molecule has 1 amide bonds. The van der Waals surface area contributed by atoms with E-state index in [1.54, 1.807) is 25.2 Å². The maximum atomic E-state index is 12.6. The Hall–Kier alpha value is -2.21. The number of hydrogen-bond donors (Lipinski definition) is 0. The molecular weight excluding hydrogens is 292 g/mol. The van der Waals surface area contributed by atoms with Gasteiger partial charge in [-0.2, -0.15) is 0 Å². The zero-order valence-electron chi connectivity index (χ0n) is 13.6. The summed E-state index contributed by atoms with van der Waals surface area (Å²) in [7, 11) is 3.51. The van der Waals surface area contributed by atoms with Crippen molar-refractivity contribution in [3.8, 4) is 0 Å². The van der Waals surface area contributed by atoms with Crippen molar-refractivity contribution in [3.05, 3.63) is 48.0 Å². The highest BCUT2D eigenvalue weighted by Gasteiger charge is 2.33. The Balaban J connectivity index is 1.71. The van der Waals surface area contributed by atoms with Crippen molar-refractivity contribution >= 4 is 5.91 Å². The number of benzene rings is 1. The molecule has 2 aromatic rings. The van der Waals surface area contributed by atoms with E-state index in [0.717, 1.165) is 12.8 Å². The van der Waals surface area contributed by atoms with Crippen LogP contribution in [0, 0.1) is 5.92 Å². The number of aryl methyl sites for hydroxylation is 1. The summed E-state index contributed by atoms with van der Waals surface area (Å²) in [6, 6.07) is 10.3. The first-order valence-corrected chi connectivity index (χ1v) is 7.89. The van der Waals surface area contributed by atoms with E-state index in [1.165, 1.54) is 5.56 Å². The minimum atomic E-state index is -0.0989. The second kappa shape index (κ2) is 6.91. The number of ether oxygens (including phenoxy) is 1. The van der Waals surface area contributed by atoms with Gasteiger partial charge in [-0.25, -0.2) is 4.98 Å². The number of piperidine rings is 1. The zero-order chi connectivity index (χ0) is 16.2. The lowest BCUT2D eigenvalue weighted by Gasteiger charge is -2.37. The minimum absolute atomic E-state index is 0.0989. The number of methoxy groups -OCH3 is 1. The van der Waals surface area contributed by atoms with Crippen molar-refractivity contribution < 1.29 is 9.53 Å². The molecule has 0 saturated carbocycles. The molecule has 2 heterocycles. The first-order valence-electron chi connectivity index (χ1n) is 7.89. The summed E-state index contributed by atoms with van der Waals surface area (Å²) in [5, 5.41) is 4.12. The van der Waals surface area contributed by atoms with E-state index >= 15 is 0 Å². The summed E-state index contributed by atoms with van der Waals surface area (Å²) in [5.41, 5.74) is 1.27. The molecule has 3 rings (SSSR count). The van der Waals surface area contributed by atoms with Gasteiger partial charge in [-0.3, -0.25) is 9.48 Å². The van der Waals surface area contributed by atoms with E-state index < -0.39 is 0 Å². The predicted octanol–water partition coefficient (Wildman–Crippen LogP) is 1.53. The predicted molar refractivity (Wildman–Crippen MR) is 86.0 cm³/mol. The van der Waals surface area contributed by atoms with Crippen LogP contribution >= 0.6 is 0 Å². The van der Waals surface area contributed by atoms with Crippen molar-refractivity contribution in [1.29, 1.82) is 0 Å².